The number of nitrogens with one attached hydrogen (secondary N) is 2. The zero-order valence-corrected chi connectivity index (χ0v) is 20.4. The van der Waals surface area contributed by atoms with E-state index in [2.05, 4.69) is 32.4 Å². The predicted octanol–water partition coefficient (Wildman–Crippen LogP) is 2.64. The van der Waals surface area contributed by atoms with Gasteiger partial charge in [0.25, 0.3) is 11.8 Å². The van der Waals surface area contributed by atoms with Gasteiger partial charge in [0.2, 0.25) is 0 Å². The number of nitrogens with zero attached hydrogens (tertiary/aromatic N) is 5. The van der Waals surface area contributed by atoms with Crippen molar-refractivity contribution >= 4 is 29.0 Å². The van der Waals surface area contributed by atoms with Gasteiger partial charge in [-0.2, -0.15) is 5.10 Å². The molecule has 0 radical (unpaired) electrons. The maximum absolute atomic E-state index is 13.2. The minimum absolute atomic E-state index is 0.0314. The molecule has 5 rings (SSSR count). The van der Waals surface area contributed by atoms with Crippen LogP contribution in [0.1, 0.15) is 32.0 Å². The monoisotopic (exact) mass is 473 g/mol. The number of hydrogen-bond donors (Lipinski definition) is 2. The number of likely N-dealkylation sites (N-methyl/N-ethyl adjacent to an activating group) is 1. The molecule has 182 valence electrons. The summed E-state index contributed by atoms with van der Waals surface area (Å²) in [4.78, 5) is 34.3. The Morgan fingerprint density at radius 2 is 1.57 bits per heavy atom. The molecule has 2 aliphatic rings. The van der Waals surface area contributed by atoms with Gasteiger partial charge in [-0.3, -0.25) is 14.7 Å². The number of carbonyl (C=O) groups is 2. The van der Waals surface area contributed by atoms with Crippen LogP contribution >= 0.6 is 0 Å². The van der Waals surface area contributed by atoms with Gasteiger partial charge in [-0.05, 0) is 55.6 Å². The van der Waals surface area contributed by atoms with Gasteiger partial charge in [-0.1, -0.05) is 0 Å². The summed E-state index contributed by atoms with van der Waals surface area (Å²) in [5, 5.41) is 10.1. The Balaban J connectivity index is 1.22. The summed E-state index contributed by atoms with van der Waals surface area (Å²) in [6.45, 7) is 4.91. The first-order valence-electron chi connectivity index (χ1n) is 11.9. The molecule has 35 heavy (non-hydrogen) atoms. The molecule has 0 saturated carbocycles. The number of anilines is 3. The lowest BCUT2D eigenvalue weighted by Gasteiger charge is -2.34. The van der Waals surface area contributed by atoms with Crippen molar-refractivity contribution in [2.45, 2.75) is 13.1 Å². The van der Waals surface area contributed by atoms with E-state index in [-0.39, 0.29) is 11.8 Å². The molecular weight excluding hydrogens is 442 g/mol. The molecule has 1 fully saturated rings. The number of aromatic amines is 1. The van der Waals surface area contributed by atoms with Crippen LogP contribution in [0.25, 0.3) is 0 Å². The van der Waals surface area contributed by atoms with E-state index in [0.29, 0.717) is 30.0 Å². The molecule has 2 amide bonds. The van der Waals surface area contributed by atoms with Gasteiger partial charge in [-0.25, -0.2) is 0 Å². The van der Waals surface area contributed by atoms with E-state index >= 15 is 0 Å². The Bertz CT molecular complexity index is 1210. The first kappa shape index (κ1) is 22.9. The fourth-order valence-corrected chi connectivity index (χ4v) is 4.54. The average Bonchev–Trinajstić information content (AvgIpc) is 3.46. The van der Waals surface area contributed by atoms with Crippen molar-refractivity contribution in [3.05, 3.63) is 70.9 Å². The van der Waals surface area contributed by atoms with E-state index in [4.69, 9.17) is 0 Å². The van der Waals surface area contributed by atoms with Crippen molar-refractivity contribution in [3.63, 3.8) is 0 Å². The highest BCUT2D eigenvalue weighted by atomic mass is 16.2. The average molecular weight is 474 g/mol. The second-order valence-corrected chi connectivity index (χ2v) is 9.42. The van der Waals surface area contributed by atoms with E-state index in [0.717, 1.165) is 48.8 Å². The topological polar surface area (TPSA) is 87.8 Å². The quantitative estimate of drug-likeness (QED) is 0.593. The number of piperazine rings is 1. The SMILES string of the molecule is CN1CCN(c2ccc(C(=O)N3Cc4[nH]nc(NC(=O)c5ccc(N(C)C)cc5)c4C3)cc2)CC1. The highest BCUT2D eigenvalue weighted by Gasteiger charge is 2.29. The van der Waals surface area contributed by atoms with Crippen LogP contribution in [0.2, 0.25) is 0 Å². The van der Waals surface area contributed by atoms with E-state index in [1.807, 2.05) is 55.4 Å². The first-order valence-corrected chi connectivity index (χ1v) is 11.9. The molecule has 3 heterocycles. The number of benzene rings is 2. The standard InChI is InChI=1S/C26H31N7O2/c1-30(2)20-8-4-18(5-9-20)25(34)27-24-22-16-33(17-23(22)28-29-24)26(35)19-6-10-21(11-7-19)32-14-12-31(3)13-15-32/h4-11H,12-17H2,1-3H3,(H2,27,28,29,34). The largest absolute Gasteiger partial charge is 0.378 e. The smallest absolute Gasteiger partial charge is 0.256 e. The third-order valence-corrected chi connectivity index (χ3v) is 6.80. The van der Waals surface area contributed by atoms with Gasteiger partial charge in [0.15, 0.2) is 5.82 Å². The Morgan fingerprint density at radius 1 is 0.914 bits per heavy atom. The van der Waals surface area contributed by atoms with Crippen LogP contribution in [0.4, 0.5) is 17.2 Å². The lowest BCUT2D eigenvalue weighted by atomic mass is 10.1. The highest BCUT2D eigenvalue weighted by Crippen LogP contribution is 2.29. The number of hydrogen-bond acceptors (Lipinski definition) is 6. The molecule has 0 aliphatic carbocycles. The van der Waals surface area contributed by atoms with E-state index in [1.165, 1.54) is 0 Å². The Morgan fingerprint density at radius 3 is 2.23 bits per heavy atom. The summed E-state index contributed by atoms with van der Waals surface area (Å²) >= 11 is 0. The lowest BCUT2D eigenvalue weighted by Crippen LogP contribution is -2.44. The number of amides is 2. The first-order chi connectivity index (χ1) is 16.9. The van der Waals surface area contributed by atoms with Gasteiger partial charge in [-0.15, -0.1) is 0 Å². The minimum atomic E-state index is -0.228. The predicted molar refractivity (Wildman–Crippen MR) is 137 cm³/mol. The molecule has 0 bridgehead atoms. The summed E-state index contributed by atoms with van der Waals surface area (Å²) < 4.78 is 0. The van der Waals surface area contributed by atoms with E-state index < -0.39 is 0 Å². The molecule has 0 unspecified atom stereocenters. The number of aromatic nitrogens is 2. The summed E-state index contributed by atoms with van der Waals surface area (Å²) in [6, 6.07) is 15.3. The van der Waals surface area contributed by atoms with Crippen LogP contribution in [-0.4, -0.2) is 79.1 Å². The second-order valence-electron chi connectivity index (χ2n) is 9.42. The second kappa shape index (κ2) is 9.42. The lowest BCUT2D eigenvalue weighted by molar-refractivity contribution is 0.0750. The van der Waals surface area contributed by atoms with Crippen molar-refractivity contribution in [1.29, 1.82) is 0 Å². The van der Waals surface area contributed by atoms with Crippen LogP contribution in [0.5, 0.6) is 0 Å². The van der Waals surface area contributed by atoms with Gasteiger partial charge in [0.1, 0.15) is 0 Å². The number of carbonyl (C=O) groups excluding carboxylic acids is 2. The molecule has 1 aromatic heterocycles. The third kappa shape index (κ3) is 4.72. The van der Waals surface area contributed by atoms with Crippen LogP contribution in [-0.2, 0) is 13.1 Å². The molecule has 0 atom stereocenters. The van der Waals surface area contributed by atoms with Crippen LogP contribution in [0.3, 0.4) is 0 Å². The molecule has 2 aliphatic heterocycles. The van der Waals surface area contributed by atoms with Crippen LogP contribution in [0, 0.1) is 0 Å². The molecule has 0 spiro atoms. The van der Waals surface area contributed by atoms with Gasteiger partial charge in [0.05, 0.1) is 18.8 Å². The van der Waals surface area contributed by atoms with Gasteiger partial charge >= 0.3 is 0 Å². The Kier molecular flexibility index (Phi) is 6.17. The third-order valence-electron chi connectivity index (χ3n) is 6.80. The van der Waals surface area contributed by atoms with E-state index in [1.54, 1.807) is 17.0 Å². The fraction of sp³-hybridized carbons (Fsp3) is 0.346. The zero-order chi connectivity index (χ0) is 24.5. The summed E-state index contributed by atoms with van der Waals surface area (Å²) in [6.07, 6.45) is 0. The highest BCUT2D eigenvalue weighted by molar-refractivity contribution is 6.04. The molecule has 9 nitrogen and oxygen atoms in total. The van der Waals surface area contributed by atoms with Crippen LogP contribution < -0.4 is 15.1 Å². The normalized spacial score (nSPS) is 15.7. The number of fused-ring (bicyclic) bond motifs is 1. The maximum atomic E-state index is 13.2. The molecule has 1 saturated heterocycles. The van der Waals surface area contributed by atoms with Crippen molar-refractivity contribution in [2.75, 3.05) is 62.4 Å². The Hall–Kier alpha value is -3.85. The minimum Gasteiger partial charge on any atom is -0.378 e. The summed E-state index contributed by atoms with van der Waals surface area (Å²) in [5.74, 6) is 0.215. The fourth-order valence-electron chi connectivity index (χ4n) is 4.54. The zero-order valence-electron chi connectivity index (χ0n) is 20.4. The molecule has 2 aromatic carbocycles. The maximum Gasteiger partial charge on any atom is 0.256 e. The molecule has 2 N–H and O–H groups in total. The molecule has 9 heteroatoms. The van der Waals surface area contributed by atoms with Crippen LogP contribution in [0.15, 0.2) is 48.5 Å². The molecule has 3 aromatic rings. The van der Waals surface area contributed by atoms with Crippen molar-refractivity contribution in [2.24, 2.45) is 0 Å². The number of H-pyrrole nitrogens is 1. The van der Waals surface area contributed by atoms with Crippen molar-refractivity contribution in [3.8, 4) is 0 Å². The van der Waals surface area contributed by atoms with Gasteiger partial charge < -0.3 is 24.9 Å². The summed E-state index contributed by atoms with van der Waals surface area (Å²) in [7, 11) is 6.05. The Labute approximate surface area is 205 Å². The van der Waals surface area contributed by atoms with E-state index in [9.17, 15) is 9.59 Å². The molecular formula is C26H31N7O2. The van der Waals surface area contributed by atoms with Crippen molar-refractivity contribution < 1.29 is 9.59 Å². The number of rotatable bonds is 5. The summed E-state index contributed by atoms with van der Waals surface area (Å²) in [5.41, 5.74) is 5.09. The van der Waals surface area contributed by atoms with Gasteiger partial charge in [0, 0.05) is 68.3 Å². The van der Waals surface area contributed by atoms with Crippen molar-refractivity contribution in [1.82, 2.24) is 20.0 Å².